The van der Waals surface area contributed by atoms with E-state index in [0.29, 0.717) is 0 Å². The van der Waals surface area contributed by atoms with Gasteiger partial charge < -0.3 is 40.3 Å². The molecule has 1 aliphatic heterocycles. The van der Waals surface area contributed by atoms with Crippen molar-refractivity contribution < 1.29 is 44.6 Å². The molecule has 1 saturated heterocycles. The van der Waals surface area contributed by atoms with Crippen molar-refractivity contribution in [1.82, 2.24) is 5.32 Å². The maximum Gasteiger partial charge on any atom is 0.364 e. The topological polar surface area (TPSA) is 166 Å². The van der Waals surface area contributed by atoms with Crippen LogP contribution in [0.25, 0.3) is 0 Å². The van der Waals surface area contributed by atoms with Crippen LogP contribution in [-0.4, -0.2) is 87.4 Å². The number of aliphatic hydroxyl groups excluding tert-OH is 4. The Morgan fingerprint density at radius 1 is 1.45 bits per heavy atom. The molecule has 6 N–H and O–H groups in total. The Morgan fingerprint density at radius 3 is 2.45 bits per heavy atom. The van der Waals surface area contributed by atoms with E-state index in [-0.39, 0.29) is 0 Å². The maximum absolute atomic E-state index is 11.3. The summed E-state index contributed by atoms with van der Waals surface area (Å²) in [7, 11) is 1.05. The number of hydrogen-bond donors (Lipinski definition) is 6. The molecule has 128 valence electrons. The fraction of sp³-hybridized carbons (Fsp3) is 0.833. The fourth-order valence-corrected chi connectivity index (χ4v) is 2.34. The number of aliphatic hydroxyl groups is 4. The van der Waals surface area contributed by atoms with Gasteiger partial charge in [0.15, 0.2) is 0 Å². The first-order chi connectivity index (χ1) is 10.2. The lowest BCUT2D eigenvalue weighted by molar-refractivity contribution is -0.303. The molecule has 10 nitrogen and oxygen atoms in total. The van der Waals surface area contributed by atoms with Crippen LogP contribution in [0.3, 0.4) is 0 Å². The third kappa shape index (κ3) is 3.72. The van der Waals surface area contributed by atoms with Crippen LogP contribution in [0.4, 0.5) is 0 Å². The van der Waals surface area contributed by atoms with Crippen LogP contribution in [0.15, 0.2) is 0 Å². The lowest BCUT2D eigenvalue weighted by Crippen LogP contribution is -2.67. The van der Waals surface area contributed by atoms with E-state index in [9.17, 15) is 30.0 Å². The van der Waals surface area contributed by atoms with Gasteiger partial charge >= 0.3 is 5.97 Å². The Labute approximate surface area is 126 Å². The predicted octanol–water partition coefficient (Wildman–Crippen LogP) is -3.22. The highest BCUT2D eigenvalue weighted by Gasteiger charge is 2.55. The van der Waals surface area contributed by atoms with Gasteiger partial charge in [-0.1, -0.05) is 0 Å². The number of rotatable bonds is 6. The Hall–Kier alpha value is -1.30. The molecule has 1 aliphatic rings. The zero-order valence-corrected chi connectivity index (χ0v) is 12.2. The van der Waals surface area contributed by atoms with Gasteiger partial charge in [-0.2, -0.15) is 0 Å². The number of carboxylic acid groups (broad SMARTS) is 1. The highest BCUT2D eigenvalue weighted by molar-refractivity contribution is 5.76. The molecule has 0 radical (unpaired) electrons. The van der Waals surface area contributed by atoms with Gasteiger partial charge in [0, 0.05) is 20.5 Å². The molecular weight excluding hydrogens is 302 g/mol. The number of amides is 1. The quantitative estimate of drug-likeness (QED) is 0.295. The van der Waals surface area contributed by atoms with Crippen LogP contribution in [-0.2, 0) is 19.1 Å². The molecule has 0 saturated carbocycles. The molecule has 4 unspecified atom stereocenters. The number of nitrogens with one attached hydrogen (secondary N) is 1. The molecule has 0 spiro atoms. The second-order valence-corrected chi connectivity index (χ2v) is 5.08. The molecule has 0 aromatic rings. The molecule has 10 heteroatoms. The van der Waals surface area contributed by atoms with E-state index in [2.05, 4.69) is 5.32 Å². The van der Waals surface area contributed by atoms with Crippen LogP contribution in [0.1, 0.15) is 13.3 Å². The summed E-state index contributed by atoms with van der Waals surface area (Å²) in [5.41, 5.74) is 0. The van der Waals surface area contributed by atoms with Crippen molar-refractivity contribution in [2.45, 2.75) is 49.6 Å². The van der Waals surface area contributed by atoms with E-state index in [4.69, 9.17) is 14.6 Å². The van der Waals surface area contributed by atoms with Gasteiger partial charge in [0.2, 0.25) is 5.91 Å². The fourth-order valence-electron chi connectivity index (χ4n) is 2.34. The highest BCUT2D eigenvalue weighted by atomic mass is 16.7. The molecule has 0 aromatic carbocycles. The Kier molecular flexibility index (Phi) is 6.23. The molecule has 1 heterocycles. The summed E-state index contributed by atoms with van der Waals surface area (Å²) in [5, 5.41) is 50.1. The number of aliphatic carboxylic acids is 1. The first-order valence-corrected chi connectivity index (χ1v) is 6.57. The van der Waals surface area contributed by atoms with Crippen molar-refractivity contribution in [1.29, 1.82) is 0 Å². The minimum absolute atomic E-state index is 0.498. The first kappa shape index (κ1) is 18.7. The van der Waals surface area contributed by atoms with E-state index < -0.39 is 61.1 Å². The summed E-state index contributed by atoms with van der Waals surface area (Å²) in [6, 6.07) is -1.18. The van der Waals surface area contributed by atoms with Crippen molar-refractivity contribution in [2.24, 2.45) is 0 Å². The monoisotopic (exact) mass is 323 g/mol. The van der Waals surface area contributed by atoms with E-state index in [1.165, 1.54) is 0 Å². The summed E-state index contributed by atoms with van der Waals surface area (Å²) in [6.45, 7) is 0.338. The van der Waals surface area contributed by atoms with Crippen LogP contribution in [0.2, 0.25) is 0 Å². The Bertz CT molecular complexity index is 417. The number of carbonyl (C=O) groups excluding carboxylic acids is 1. The predicted molar refractivity (Wildman–Crippen MR) is 69.6 cm³/mol. The third-order valence-electron chi connectivity index (χ3n) is 3.52. The summed E-state index contributed by atoms with van der Waals surface area (Å²) < 4.78 is 10.0. The van der Waals surface area contributed by atoms with E-state index in [0.717, 1.165) is 14.0 Å². The van der Waals surface area contributed by atoms with Crippen LogP contribution < -0.4 is 5.32 Å². The Morgan fingerprint density at radius 2 is 2.05 bits per heavy atom. The second-order valence-electron chi connectivity index (χ2n) is 5.08. The van der Waals surface area contributed by atoms with Gasteiger partial charge in [0.1, 0.15) is 18.3 Å². The maximum atomic E-state index is 11.3. The number of carbonyl (C=O) groups is 2. The van der Waals surface area contributed by atoms with Crippen molar-refractivity contribution in [2.75, 3.05) is 13.7 Å². The molecular formula is C12H21NO9. The van der Waals surface area contributed by atoms with E-state index >= 15 is 0 Å². The van der Waals surface area contributed by atoms with Crippen molar-refractivity contribution in [3.63, 3.8) is 0 Å². The number of methoxy groups -OCH3 is 1. The summed E-state index contributed by atoms with van der Waals surface area (Å²) in [5.74, 6) is -4.33. The second kappa shape index (κ2) is 7.31. The van der Waals surface area contributed by atoms with Gasteiger partial charge in [-0.25, -0.2) is 4.79 Å². The highest BCUT2D eigenvalue weighted by Crippen LogP contribution is 2.32. The summed E-state index contributed by atoms with van der Waals surface area (Å²) >= 11 is 0. The third-order valence-corrected chi connectivity index (χ3v) is 3.52. The number of ether oxygens (including phenoxy) is 2. The molecule has 0 aromatic heterocycles. The smallest absolute Gasteiger partial charge is 0.364 e. The van der Waals surface area contributed by atoms with Crippen LogP contribution in [0, 0.1) is 0 Å². The first-order valence-electron chi connectivity index (χ1n) is 6.57. The number of hydrogen-bond acceptors (Lipinski definition) is 8. The molecule has 0 bridgehead atoms. The van der Waals surface area contributed by atoms with Gasteiger partial charge in [0.05, 0.1) is 18.8 Å². The van der Waals surface area contributed by atoms with Crippen molar-refractivity contribution in [3.8, 4) is 0 Å². The molecule has 22 heavy (non-hydrogen) atoms. The Balaban J connectivity index is 3.14. The van der Waals surface area contributed by atoms with Gasteiger partial charge in [-0.15, -0.1) is 0 Å². The molecule has 1 amide bonds. The minimum atomic E-state index is -2.24. The van der Waals surface area contributed by atoms with Gasteiger partial charge in [0.25, 0.3) is 5.79 Å². The zero-order chi connectivity index (χ0) is 17.1. The minimum Gasteiger partial charge on any atom is -0.477 e. The van der Waals surface area contributed by atoms with E-state index in [1.807, 2.05) is 0 Å². The van der Waals surface area contributed by atoms with Crippen LogP contribution in [0.5, 0.6) is 0 Å². The van der Waals surface area contributed by atoms with Crippen LogP contribution >= 0.6 is 0 Å². The SMILES string of the molecule is COC1(C(=O)O)CC(O)C(NC(C)=O)C([C@H](O)[C@H](O)CO)O1. The van der Waals surface area contributed by atoms with E-state index in [1.54, 1.807) is 0 Å². The lowest BCUT2D eigenvalue weighted by atomic mass is 9.88. The summed E-state index contributed by atoms with van der Waals surface area (Å²) in [4.78, 5) is 22.6. The average molecular weight is 323 g/mol. The lowest BCUT2D eigenvalue weighted by Gasteiger charge is -2.46. The average Bonchev–Trinajstić information content (AvgIpc) is 2.46. The number of carboxylic acids is 1. The molecule has 6 atom stereocenters. The summed E-state index contributed by atoms with van der Waals surface area (Å²) in [6.07, 6.45) is -6.84. The molecule has 1 rings (SSSR count). The molecule has 0 aliphatic carbocycles. The standard InChI is InChI=1S/C12H21NO9/c1-5(15)13-8-6(16)3-12(21-2,11(19)20)22-10(8)9(18)7(17)4-14/h6-10,14,16-18H,3-4H2,1-2H3,(H,13,15)(H,19,20)/t6?,7-,8?,9-,10?,12?/m1/s1. The normalized spacial score (nSPS) is 34.7. The van der Waals surface area contributed by atoms with Crippen molar-refractivity contribution >= 4 is 11.9 Å². The van der Waals surface area contributed by atoms with Gasteiger partial charge in [-0.05, 0) is 0 Å². The van der Waals surface area contributed by atoms with Gasteiger partial charge in [-0.3, -0.25) is 4.79 Å². The van der Waals surface area contributed by atoms with Crippen molar-refractivity contribution in [3.05, 3.63) is 0 Å². The molecule has 1 fully saturated rings. The zero-order valence-electron chi connectivity index (χ0n) is 12.2. The largest absolute Gasteiger partial charge is 0.477 e.